The molecule has 1 fully saturated rings. The van der Waals surface area contributed by atoms with Gasteiger partial charge in [0.25, 0.3) is 0 Å². The van der Waals surface area contributed by atoms with E-state index in [0.29, 0.717) is 12.5 Å². The molecule has 2 rings (SSSR count). The van der Waals surface area contributed by atoms with Crippen LogP contribution >= 0.6 is 0 Å². The van der Waals surface area contributed by atoms with Crippen molar-refractivity contribution >= 4 is 5.69 Å². The van der Waals surface area contributed by atoms with Gasteiger partial charge >= 0.3 is 0 Å². The predicted octanol–water partition coefficient (Wildman–Crippen LogP) is 1.57. The molecule has 1 aromatic rings. The van der Waals surface area contributed by atoms with E-state index in [4.69, 9.17) is 5.11 Å². The van der Waals surface area contributed by atoms with Gasteiger partial charge in [0.05, 0.1) is 0 Å². The quantitative estimate of drug-likeness (QED) is 0.856. The van der Waals surface area contributed by atoms with Crippen molar-refractivity contribution in [3.63, 3.8) is 0 Å². The fourth-order valence-corrected chi connectivity index (χ4v) is 2.36. The van der Waals surface area contributed by atoms with E-state index in [9.17, 15) is 0 Å². The lowest BCUT2D eigenvalue weighted by Crippen LogP contribution is -2.21. The van der Waals surface area contributed by atoms with Crippen LogP contribution in [0.1, 0.15) is 12.0 Å². The summed E-state index contributed by atoms with van der Waals surface area (Å²) in [5.41, 5.74) is 2.59. The zero-order valence-electron chi connectivity index (χ0n) is 10.8. The van der Waals surface area contributed by atoms with E-state index in [1.165, 1.54) is 11.3 Å². The molecule has 0 radical (unpaired) electrons. The zero-order chi connectivity index (χ0) is 12.3. The molecule has 0 saturated carbocycles. The van der Waals surface area contributed by atoms with Crippen LogP contribution in [-0.4, -0.2) is 43.8 Å². The normalized spacial score (nSPS) is 20.8. The Balaban J connectivity index is 1.91. The largest absolute Gasteiger partial charge is 0.396 e. The van der Waals surface area contributed by atoms with Crippen LogP contribution in [0.25, 0.3) is 0 Å². The number of benzene rings is 1. The molecule has 1 aliphatic heterocycles. The summed E-state index contributed by atoms with van der Waals surface area (Å²) in [6.07, 6.45) is 1.13. The first-order chi connectivity index (χ1) is 8.19. The topological polar surface area (TPSA) is 26.7 Å². The minimum atomic E-state index is 0.329. The Morgan fingerprint density at radius 1 is 1.29 bits per heavy atom. The van der Waals surface area contributed by atoms with Crippen LogP contribution in [-0.2, 0) is 6.54 Å². The van der Waals surface area contributed by atoms with Crippen LogP contribution in [0.3, 0.4) is 0 Å². The summed E-state index contributed by atoms with van der Waals surface area (Å²) < 4.78 is 0. The average Bonchev–Trinajstić information content (AvgIpc) is 2.77. The minimum absolute atomic E-state index is 0.329. The second-order valence-corrected chi connectivity index (χ2v) is 5.13. The molecular formula is C14H22N2O. The number of aliphatic hydroxyl groups excluding tert-OH is 1. The number of aliphatic hydroxyl groups is 1. The van der Waals surface area contributed by atoms with Gasteiger partial charge in [0.1, 0.15) is 0 Å². The second-order valence-electron chi connectivity index (χ2n) is 5.13. The van der Waals surface area contributed by atoms with Crippen molar-refractivity contribution in [2.24, 2.45) is 5.92 Å². The zero-order valence-corrected chi connectivity index (χ0v) is 10.8. The van der Waals surface area contributed by atoms with Gasteiger partial charge in [-0.1, -0.05) is 12.1 Å². The molecule has 1 aromatic carbocycles. The Hall–Kier alpha value is -1.06. The molecule has 1 aliphatic rings. The third kappa shape index (κ3) is 3.20. The molecule has 94 valence electrons. The van der Waals surface area contributed by atoms with Crippen LogP contribution in [0.15, 0.2) is 24.3 Å². The second kappa shape index (κ2) is 5.52. The van der Waals surface area contributed by atoms with Crippen LogP contribution in [0.4, 0.5) is 5.69 Å². The average molecular weight is 234 g/mol. The molecular weight excluding hydrogens is 212 g/mol. The molecule has 3 heteroatoms. The Morgan fingerprint density at radius 3 is 2.53 bits per heavy atom. The van der Waals surface area contributed by atoms with E-state index >= 15 is 0 Å². The van der Waals surface area contributed by atoms with Gasteiger partial charge in [-0.2, -0.15) is 0 Å². The van der Waals surface area contributed by atoms with E-state index in [2.05, 4.69) is 48.2 Å². The van der Waals surface area contributed by atoms with Crippen molar-refractivity contribution in [3.05, 3.63) is 29.8 Å². The fraction of sp³-hybridized carbons (Fsp3) is 0.571. The summed E-state index contributed by atoms with van der Waals surface area (Å²) >= 11 is 0. The van der Waals surface area contributed by atoms with Crippen molar-refractivity contribution in [2.45, 2.75) is 13.0 Å². The van der Waals surface area contributed by atoms with E-state index in [1.54, 1.807) is 0 Å². The van der Waals surface area contributed by atoms with Crippen molar-refractivity contribution in [3.8, 4) is 0 Å². The van der Waals surface area contributed by atoms with E-state index < -0.39 is 0 Å². The molecule has 1 heterocycles. The van der Waals surface area contributed by atoms with Crippen LogP contribution in [0, 0.1) is 5.92 Å². The third-order valence-corrected chi connectivity index (χ3v) is 3.49. The predicted molar refractivity (Wildman–Crippen MR) is 71.2 cm³/mol. The number of hydrogen-bond donors (Lipinski definition) is 1. The van der Waals surface area contributed by atoms with Gasteiger partial charge in [-0.15, -0.1) is 0 Å². The highest BCUT2D eigenvalue weighted by atomic mass is 16.3. The number of rotatable bonds is 4. The van der Waals surface area contributed by atoms with Crippen LogP contribution in [0.5, 0.6) is 0 Å². The SMILES string of the molecule is CN(C)c1ccc(CN2CCC(CO)C2)cc1. The number of nitrogens with zero attached hydrogens (tertiary/aromatic N) is 2. The lowest BCUT2D eigenvalue weighted by atomic mass is 10.1. The Bertz CT molecular complexity index is 348. The number of anilines is 1. The van der Waals surface area contributed by atoms with Crippen molar-refractivity contribution in [2.75, 3.05) is 38.7 Å². The van der Waals surface area contributed by atoms with Crippen LogP contribution < -0.4 is 4.90 Å². The van der Waals surface area contributed by atoms with Crippen molar-refractivity contribution in [1.29, 1.82) is 0 Å². The fourth-order valence-electron chi connectivity index (χ4n) is 2.36. The van der Waals surface area contributed by atoms with Crippen molar-refractivity contribution < 1.29 is 5.11 Å². The van der Waals surface area contributed by atoms with Gasteiger partial charge in [-0.25, -0.2) is 0 Å². The highest BCUT2D eigenvalue weighted by Gasteiger charge is 2.21. The first-order valence-electron chi connectivity index (χ1n) is 6.28. The smallest absolute Gasteiger partial charge is 0.0471 e. The van der Waals surface area contributed by atoms with Gasteiger partial charge in [0.2, 0.25) is 0 Å². The van der Waals surface area contributed by atoms with E-state index in [0.717, 1.165) is 26.1 Å². The number of hydrogen-bond acceptors (Lipinski definition) is 3. The maximum absolute atomic E-state index is 9.12. The summed E-state index contributed by atoms with van der Waals surface area (Å²) in [4.78, 5) is 4.53. The number of likely N-dealkylation sites (tertiary alicyclic amines) is 1. The molecule has 0 spiro atoms. The Morgan fingerprint density at radius 2 is 2.00 bits per heavy atom. The lowest BCUT2D eigenvalue weighted by Gasteiger charge is -2.17. The summed E-state index contributed by atoms with van der Waals surface area (Å²) in [7, 11) is 4.11. The molecule has 0 amide bonds. The summed E-state index contributed by atoms with van der Waals surface area (Å²) in [5.74, 6) is 0.482. The highest BCUT2D eigenvalue weighted by molar-refractivity contribution is 5.45. The Labute approximate surface area is 104 Å². The van der Waals surface area contributed by atoms with E-state index in [-0.39, 0.29) is 0 Å². The maximum atomic E-state index is 9.12. The molecule has 0 aliphatic carbocycles. The summed E-state index contributed by atoms with van der Waals surface area (Å²) in [6.45, 7) is 3.48. The van der Waals surface area contributed by atoms with Gasteiger partial charge in [0.15, 0.2) is 0 Å². The first-order valence-corrected chi connectivity index (χ1v) is 6.28. The van der Waals surface area contributed by atoms with Crippen LogP contribution in [0.2, 0.25) is 0 Å². The minimum Gasteiger partial charge on any atom is -0.396 e. The molecule has 0 aromatic heterocycles. The van der Waals surface area contributed by atoms with Gasteiger partial charge in [-0.3, -0.25) is 4.90 Å². The summed E-state index contributed by atoms with van der Waals surface area (Å²) in [5, 5.41) is 9.12. The molecule has 1 unspecified atom stereocenters. The monoisotopic (exact) mass is 234 g/mol. The highest BCUT2D eigenvalue weighted by Crippen LogP contribution is 2.19. The third-order valence-electron chi connectivity index (χ3n) is 3.49. The molecule has 17 heavy (non-hydrogen) atoms. The molecule has 0 bridgehead atoms. The first kappa shape index (κ1) is 12.4. The van der Waals surface area contributed by atoms with Gasteiger partial charge < -0.3 is 10.0 Å². The van der Waals surface area contributed by atoms with Gasteiger partial charge in [-0.05, 0) is 36.6 Å². The molecule has 1 atom stereocenters. The molecule has 1 N–H and O–H groups in total. The maximum Gasteiger partial charge on any atom is 0.0471 e. The van der Waals surface area contributed by atoms with Crippen molar-refractivity contribution in [1.82, 2.24) is 4.90 Å². The molecule has 3 nitrogen and oxygen atoms in total. The van der Waals surface area contributed by atoms with E-state index in [1.807, 2.05) is 0 Å². The standard InChI is InChI=1S/C14H22N2O/c1-15(2)14-5-3-12(4-6-14)9-16-8-7-13(10-16)11-17/h3-6,13,17H,7-11H2,1-2H3. The summed E-state index contributed by atoms with van der Waals surface area (Å²) in [6, 6.07) is 8.72. The Kier molecular flexibility index (Phi) is 4.02. The van der Waals surface area contributed by atoms with Gasteiger partial charge in [0, 0.05) is 39.5 Å². The lowest BCUT2D eigenvalue weighted by molar-refractivity contribution is 0.220. The molecule has 1 saturated heterocycles.